The Bertz CT molecular complexity index is 150. The van der Waals surface area contributed by atoms with Crippen LogP contribution in [0.2, 0.25) is 0 Å². The van der Waals surface area contributed by atoms with Crippen molar-refractivity contribution in [1.82, 2.24) is 0 Å². The minimum atomic E-state index is 0. The molecule has 0 aromatic heterocycles. The van der Waals surface area contributed by atoms with E-state index in [9.17, 15) is 0 Å². The van der Waals surface area contributed by atoms with Crippen molar-refractivity contribution in [2.45, 2.75) is 6.90 Å². The SMILES string of the molecule is [2H]Cc1[c-]cccc1.[V]. The standard InChI is InChI=1S/C7H7.V/c1-7-5-3-2-4-6-7;/h2-5H,1H3;/q-1;/i1D;. The van der Waals surface area contributed by atoms with E-state index in [1.807, 2.05) is 24.3 Å². The Morgan fingerprint density at radius 3 is 2.88 bits per heavy atom. The van der Waals surface area contributed by atoms with Gasteiger partial charge < -0.3 is 0 Å². The number of hydrogen-bond acceptors (Lipinski definition) is 0. The molecule has 0 saturated carbocycles. The summed E-state index contributed by atoms with van der Waals surface area (Å²) in [6.45, 7) is 0.334. The maximum absolute atomic E-state index is 6.91. The Hall–Kier alpha value is -0.196. The van der Waals surface area contributed by atoms with Crippen LogP contribution in [0.25, 0.3) is 0 Å². The van der Waals surface area contributed by atoms with Crippen LogP contribution in [0, 0.1) is 13.0 Å². The van der Waals surface area contributed by atoms with E-state index < -0.39 is 0 Å². The van der Waals surface area contributed by atoms with Gasteiger partial charge in [0.15, 0.2) is 0 Å². The summed E-state index contributed by atoms with van der Waals surface area (Å²) in [5.74, 6) is 0. The van der Waals surface area contributed by atoms with E-state index in [4.69, 9.17) is 1.37 Å². The Kier molecular flexibility index (Phi) is 2.79. The van der Waals surface area contributed by atoms with Crippen molar-refractivity contribution in [3.05, 3.63) is 35.9 Å². The molecule has 0 fully saturated rings. The molecule has 0 spiro atoms. The molecule has 1 aromatic carbocycles. The topological polar surface area (TPSA) is 0 Å². The molecule has 0 heterocycles. The Morgan fingerprint density at radius 2 is 2.50 bits per heavy atom. The van der Waals surface area contributed by atoms with Crippen LogP contribution in [0.15, 0.2) is 24.3 Å². The zero-order valence-electron chi connectivity index (χ0n) is 5.46. The van der Waals surface area contributed by atoms with Crippen LogP contribution in [0.5, 0.6) is 0 Å². The summed E-state index contributed by atoms with van der Waals surface area (Å²) in [5, 5.41) is 0. The van der Waals surface area contributed by atoms with Gasteiger partial charge in [-0.3, -0.25) is 0 Å². The first kappa shape index (κ1) is 5.93. The summed E-state index contributed by atoms with van der Waals surface area (Å²) < 4.78 is 6.91. The van der Waals surface area contributed by atoms with Crippen LogP contribution < -0.4 is 0 Å². The fraction of sp³-hybridized carbons (Fsp3) is 0.143. The van der Waals surface area contributed by atoms with E-state index in [0.717, 1.165) is 5.56 Å². The molecule has 0 aliphatic carbocycles. The second-order valence-electron chi connectivity index (χ2n) is 1.39. The normalized spacial score (nSPS) is 9.25. The van der Waals surface area contributed by atoms with Gasteiger partial charge in [0.25, 0.3) is 0 Å². The van der Waals surface area contributed by atoms with Gasteiger partial charge in [0, 0.05) is 19.9 Å². The van der Waals surface area contributed by atoms with Gasteiger partial charge in [0.05, 0.1) is 0 Å². The summed E-state index contributed by atoms with van der Waals surface area (Å²) in [6.07, 6.45) is 0. The minimum absolute atomic E-state index is 0. The molecule has 0 aliphatic heterocycles. The first-order valence-corrected chi connectivity index (χ1v) is 2.18. The first-order valence-electron chi connectivity index (χ1n) is 2.89. The third kappa shape index (κ3) is 2.20. The third-order valence-electron chi connectivity index (χ3n) is 0.773. The second kappa shape index (κ2) is 3.76. The summed E-state index contributed by atoms with van der Waals surface area (Å²) in [4.78, 5) is 0. The van der Waals surface area contributed by atoms with E-state index in [1.54, 1.807) is 0 Å². The van der Waals surface area contributed by atoms with Crippen LogP contribution >= 0.6 is 0 Å². The second-order valence-corrected chi connectivity index (χ2v) is 1.39. The fourth-order valence-corrected chi connectivity index (χ4v) is 0.431. The molecule has 8 heavy (non-hydrogen) atoms. The van der Waals surface area contributed by atoms with E-state index in [0.29, 0.717) is 6.90 Å². The Balaban J connectivity index is 0.000000640. The zero-order valence-corrected chi connectivity index (χ0v) is 5.86. The van der Waals surface area contributed by atoms with Crippen LogP contribution in [-0.4, -0.2) is 0 Å². The summed E-state index contributed by atoms with van der Waals surface area (Å²) in [7, 11) is 0. The summed E-state index contributed by atoms with van der Waals surface area (Å²) in [6, 6.07) is 10.5. The summed E-state index contributed by atoms with van der Waals surface area (Å²) >= 11 is 0. The molecule has 0 atom stereocenters. The van der Waals surface area contributed by atoms with Gasteiger partial charge in [-0.2, -0.15) is 35.9 Å². The van der Waals surface area contributed by atoms with Crippen molar-refractivity contribution in [3.63, 3.8) is 0 Å². The molecule has 41 valence electrons. The number of hydrogen-bond donors (Lipinski definition) is 0. The molecule has 0 unspecified atom stereocenters. The van der Waals surface area contributed by atoms with E-state index in [-0.39, 0.29) is 18.6 Å². The molecule has 0 nitrogen and oxygen atoms in total. The molecule has 1 radical (unpaired) electrons. The predicted octanol–water partition coefficient (Wildman–Crippen LogP) is 1.79. The zero-order chi connectivity index (χ0) is 5.82. The monoisotopic (exact) mass is 143 g/mol. The molecular weight excluding hydrogens is 135 g/mol. The molecule has 1 aromatic rings. The largest absolute Gasteiger partial charge is 0.181 e. The van der Waals surface area contributed by atoms with Gasteiger partial charge in [-0.05, 0) is 0 Å². The van der Waals surface area contributed by atoms with Crippen LogP contribution in [0.1, 0.15) is 6.93 Å². The molecule has 0 amide bonds. The van der Waals surface area contributed by atoms with Crippen LogP contribution in [-0.2, 0) is 18.6 Å². The van der Waals surface area contributed by atoms with Crippen molar-refractivity contribution in [2.24, 2.45) is 0 Å². The number of benzene rings is 1. The van der Waals surface area contributed by atoms with Gasteiger partial charge in [-0.1, -0.05) is 6.90 Å². The first-order chi connectivity index (χ1) is 3.93. The van der Waals surface area contributed by atoms with E-state index >= 15 is 0 Å². The molecule has 0 saturated heterocycles. The van der Waals surface area contributed by atoms with E-state index in [2.05, 4.69) is 6.07 Å². The quantitative estimate of drug-likeness (QED) is 0.485. The molecule has 0 bridgehead atoms. The van der Waals surface area contributed by atoms with Gasteiger partial charge in [-0.25, -0.2) is 0 Å². The number of aryl methyl sites for hydroxylation is 1. The molecular formula is C7H7V-. The van der Waals surface area contributed by atoms with Crippen molar-refractivity contribution in [2.75, 3.05) is 0 Å². The van der Waals surface area contributed by atoms with Gasteiger partial charge in [-0.15, -0.1) is 0 Å². The fourth-order valence-electron chi connectivity index (χ4n) is 0.431. The van der Waals surface area contributed by atoms with Crippen molar-refractivity contribution in [1.29, 1.82) is 0 Å². The predicted molar refractivity (Wildman–Crippen MR) is 30.0 cm³/mol. The molecule has 0 N–H and O–H groups in total. The molecule has 1 heteroatoms. The molecule has 0 aliphatic rings. The minimum Gasteiger partial charge on any atom is -0.181 e. The van der Waals surface area contributed by atoms with E-state index in [1.165, 1.54) is 0 Å². The van der Waals surface area contributed by atoms with Crippen molar-refractivity contribution < 1.29 is 19.9 Å². The molecule has 1 rings (SSSR count). The average Bonchev–Trinajstić information content (AvgIpc) is 1.90. The summed E-state index contributed by atoms with van der Waals surface area (Å²) in [5.41, 5.74) is 0.951. The van der Waals surface area contributed by atoms with Crippen LogP contribution in [0.3, 0.4) is 0 Å². The average molecular weight is 143 g/mol. The van der Waals surface area contributed by atoms with Crippen molar-refractivity contribution in [3.8, 4) is 0 Å². The van der Waals surface area contributed by atoms with Gasteiger partial charge in [0.2, 0.25) is 0 Å². The Morgan fingerprint density at radius 1 is 1.62 bits per heavy atom. The maximum atomic E-state index is 6.91. The number of rotatable bonds is 0. The maximum Gasteiger partial charge on any atom is 0.0258 e. The van der Waals surface area contributed by atoms with Crippen LogP contribution in [0.4, 0.5) is 0 Å². The van der Waals surface area contributed by atoms with Gasteiger partial charge >= 0.3 is 0 Å². The Labute approximate surface area is 63.2 Å². The third-order valence-corrected chi connectivity index (χ3v) is 0.773. The van der Waals surface area contributed by atoms with Gasteiger partial charge in [0.1, 0.15) is 0 Å². The smallest absolute Gasteiger partial charge is 0.0258 e. The van der Waals surface area contributed by atoms with Crippen molar-refractivity contribution >= 4 is 0 Å².